The average Bonchev–Trinajstić information content (AvgIpc) is 3.18. The van der Waals surface area contributed by atoms with E-state index in [0.29, 0.717) is 34.3 Å². The lowest BCUT2D eigenvalue weighted by Crippen LogP contribution is -2.17. The molecule has 162 valence electrons. The SMILES string of the molecule is COCCOC(=O)Nc1cccc(NC(=O)c2cccnc2SCc2cc(C)on2)c1. The summed E-state index contributed by atoms with van der Waals surface area (Å²) in [5, 5.41) is 9.97. The van der Waals surface area contributed by atoms with E-state index in [9.17, 15) is 9.59 Å². The topological polar surface area (TPSA) is 116 Å². The van der Waals surface area contributed by atoms with Crippen LogP contribution in [0.15, 0.2) is 58.2 Å². The number of thioether (sulfide) groups is 1. The quantitative estimate of drug-likeness (QED) is 0.376. The lowest BCUT2D eigenvalue weighted by atomic mass is 10.2. The van der Waals surface area contributed by atoms with Crippen LogP contribution in [0.1, 0.15) is 21.8 Å². The second-order valence-corrected chi connectivity index (χ2v) is 7.33. The van der Waals surface area contributed by atoms with E-state index in [2.05, 4.69) is 20.8 Å². The third-order valence-corrected chi connectivity index (χ3v) is 4.98. The number of aromatic nitrogens is 2. The Morgan fingerprint density at radius 3 is 2.65 bits per heavy atom. The van der Waals surface area contributed by atoms with Crippen LogP contribution in [0.3, 0.4) is 0 Å². The number of anilines is 2. The molecule has 2 amide bonds. The highest BCUT2D eigenvalue weighted by molar-refractivity contribution is 7.98. The van der Waals surface area contributed by atoms with Crippen LogP contribution in [0.4, 0.5) is 16.2 Å². The van der Waals surface area contributed by atoms with Crippen LogP contribution in [0.25, 0.3) is 0 Å². The molecule has 0 bridgehead atoms. The van der Waals surface area contributed by atoms with Gasteiger partial charge in [0.1, 0.15) is 17.4 Å². The zero-order chi connectivity index (χ0) is 22.1. The van der Waals surface area contributed by atoms with E-state index >= 15 is 0 Å². The first kappa shape index (κ1) is 22.3. The normalized spacial score (nSPS) is 10.5. The number of ether oxygens (including phenoxy) is 2. The molecule has 0 spiro atoms. The third kappa shape index (κ3) is 6.83. The number of aryl methyl sites for hydroxylation is 1. The molecule has 31 heavy (non-hydrogen) atoms. The lowest BCUT2D eigenvalue weighted by molar-refractivity contribution is 0.102. The van der Waals surface area contributed by atoms with Crippen molar-refractivity contribution < 1.29 is 23.6 Å². The maximum atomic E-state index is 12.8. The molecule has 10 heteroatoms. The maximum Gasteiger partial charge on any atom is 0.411 e. The first-order chi connectivity index (χ1) is 15.0. The Hall–Kier alpha value is -3.37. The molecule has 2 N–H and O–H groups in total. The summed E-state index contributed by atoms with van der Waals surface area (Å²) in [5.41, 5.74) is 2.22. The van der Waals surface area contributed by atoms with E-state index < -0.39 is 6.09 Å². The molecule has 3 rings (SSSR count). The molecule has 1 aromatic carbocycles. The number of nitrogens with zero attached hydrogens (tertiary/aromatic N) is 2. The van der Waals surface area contributed by atoms with E-state index in [1.807, 2.05) is 13.0 Å². The molecule has 0 saturated carbocycles. The minimum atomic E-state index is -0.602. The van der Waals surface area contributed by atoms with Crippen molar-refractivity contribution in [3.8, 4) is 0 Å². The smallest absolute Gasteiger partial charge is 0.411 e. The van der Waals surface area contributed by atoms with Crippen molar-refractivity contribution in [2.24, 2.45) is 0 Å². The van der Waals surface area contributed by atoms with Crippen LogP contribution < -0.4 is 10.6 Å². The van der Waals surface area contributed by atoms with E-state index in [0.717, 1.165) is 11.5 Å². The molecule has 0 atom stereocenters. The molecule has 0 saturated heterocycles. The van der Waals surface area contributed by atoms with Crippen molar-refractivity contribution in [1.29, 1.82) is 0 Å². The maximum absolute atomic E-state index is 12.8. The molecule has 0 fully saturated rings. The molecule has 9 nitrogen and oxygen atoms in total. The van der Waals surface area contributed by atoms with E-state index in [1.165, 1.54) is 18.9 Å². The van der Waals surface area contributed by atoms with Gasteiger partial charge >= 0.3 is 6.09 Å². The predicted molar refractivity (Wildman–Crippen MR) is 116 cm³/mol. The number of nitrogens with one attached hydrogen (secondary N) is 2. The van der Waals surface area contributed by atoms with Crippen molar-refractivity contribution in [2.75, 3.05) is 31.0 Å². The van der Waals surface area contributed by atoms with Gasteiger partial charge in [0.15, 0.2) is 0 Å². The van der Waals surface area contributed by atoms with Gasteiger partial charge in [-0.2, -0.15) is 0 Å². The number of carbonyl (C=O) groups is 2. The molecule has 0 aliphatic carbocycles. The summed E-state index contributed by atoms with van der Waals surface area (Å²) in [4.78, 5) is 28.9. The average molecular weight is 442 g/mol. The largest absolute Gasteiger partial charge is 0.447 e. The number of methoxy groups -OCH3 is 1. The number of pyridine rings is 1. The third-order valence-electron chi connectivity index (χ3n) is 3.94. The highest BCUT2D eigenvalue weighted by Crippen LogP contribution is 2.25. The Kier molecular flexibility index (Phi) is 8.02. The van der Waals surface area contributed by atoms with Crippen LogP contribution in [0, 0.1) is 6.92 Å². The van der Waals surface area contributed by atoms with Crippen molar-refractivity contribution in [3.63, 3.8) is 0 Å². The van der Waals surface area contributed by atoms with Crippen LogP contribution in [-0.2, 0) is 15.2 Å². The van der Waals surface area contributed by atoms with Gasteiger partial charge in [0, 0.05) is 36.5 Å². The van der Waals surface area contributed by atoms with E-state index in [1.54, 1.807) is 42.6 Å². The summed E-state index contributed by atoms with van der Waals surface area (Å²) >= 11 is 1.40. The fourth-order valence-corrected chi connectivity index (χ4v) is 3.42. The minimum Gasteiger partial charge on any atom is -0.447 e. The standard InChI is InChI=1S/C21H22N4O5S/c1-14-11-17(25-30-14)13-31-20-18(7-4-8-22-20)19(26)23-15-5-3-6-16(12-15)24-21(27)29-10-9-28-2/h3-8,11-12H,9-10,13H2,1-2H3,(H,23,26)(H,24,27). The van der Waals surface area contributed by atoms with Gasteiger partial charge in [-0.25, -0.2) is 9.78 Å². The Balaban J connectivity index is 1.63. The van der Waals surface area contributed by atoms with Crippen molar-refractivity contribution in [1.82, 2.24) is 10.1 Å². The zero-order valence-corrected chi connectivity index (χ0v) is 17.9. The molecular formula is C21H22N4O5S. The highest BCUT2D eigenvalue weighted by atomic mass is 32.2. The summed E-state index contributed by atoms with van der Waals surface area (Å²) in [6, 6.07) is 12.0. The summed E-state index contributed by atoms with van der Waals surface area (Å²) in [6.07, 6.45) is 1.03. The summed E-state index contributed by atoms with van der Waals surface area (Å²) in [6.45, 7) is 2.28. The van der Waals surface area contributed by atoms with Gasteiger partial charge in [-0.05, 0) is 37.3 Å². The van der Waals surface area contributed by atoms with Crippen molar-refractivity contribution >= 4 is 35.1 Å². The first-order valence-corrected chi connectivity index (χ1v) is 10.4. The number of benzene rings is 1. The summed E-state index contributed by atoms with van der Waals surface area (Å²) < 4.78 is 14.9. The number of rotatable bonds is 9. The zero-order valence-electron chi connectivity index (χ0n) is 17.1. The van der Waals surface area contributed by atoms with Gasteiger partial charge in [0.05, 0.1) is 17.9 Å². The Morgan fingerprint density at radius 1 is 1.10 bits per heavy atom. The highest BCUT2D eigenvalue weighted by Gasteiger charge is 2.14. The predicted octanol–water partition coefficient (Wildman–Crippen LogP) is 4.12. The fourth-order valence-electron chi connectivity index (χ4n) is 2.55. The van der Waals surface area contributed by atoms with E-state index in [-0.39, 0.29) is 12.5 Å². The van der Waals surface area contributed by atoms with Gasteiger partial charge in [-0.3, -0.25) is 10.1 Å². The molecule has 0 aliphatic heterocycles. The minimum absolute atomic E-state index is 0.147. The number of hydrogen-bond donors (Lipinski definition) is 2. The molecular weight excluding hydrogens is 420 g/mol. The molecule has 0 aliphatic rings. The molecule has 0 unspecified atom stereocenters. The number of amides is 2. The van der Waals surface area contributed by atoms with Crippen LogP contribution in [-0.4, -0.2) is 42.5 Å². The van der Waals surface area contributed by atoms with Gasteiger partial charge in [-0.15, -0.1) is 0 Å². The first-order valence-electron chi connectivity index (χ1n) is 9.39. The van der Waals surface area contributed by atoms with E-state index in [4.69, 9.17) is 14.0 Å². The monoisotopic (exact) mass is 442 g/mol. The summed E-state index contributed by atoms with van der Waals surface area (Å²) in [7, 11) is 1.52. The van der Waals surface area contributed by atoms with Crippen LogP contribution in [0.2, 0.25) is 0 Å². The van der Waals surface area contributed by atoms with Crippen LogP contribution in [0.5, 0.6) is 0 Å². The second-order valence-electron chi connectivity index (χ2n) is 6.36. The van der Waals surface area contributed by atoms with Gasteiger partial charge in [0.2, 0.25) is 0 Å². The molecule has 2 heterocycles. The molecule has 3 aromatic rings. The van der Waals surface area contributed by atoms with Crippen molar-refractivity contribution in [2.45, 2.75) is 17.7 Å². The number of hydrogen-bond acceptors (Lipinski definition) is 8. The van der Waals surface area contributed by atoms with Gasteiger partial charge < -0.3 is 19.3 Å². The second kappa shape index (κ2) is 11.1. The Morgan fingerprint density at radius 2 is 1.90 bits per heavy atom. The fraction of sp³-hybridized carbons (Fsp3) is 0.238. The number of carbonyl (C=O) groups excluding carboxylic acids is 2. The molecule has 2 aromatic heterocycles. The molecule has 0 radical (unpaired) electrons. The lowest BCUT2D eigenvalue weighted by Gasteiger charge is -2.11. The van der Waals surface area contributed by atoms with Gasteiger partial charge in [0.25, 0.3) is 5.91 Å². The Bertz CT molecular complexity index is 1040. The van der Waals surface area contributed by atoms with Crippen molar-refractivity contribution in [3.05, 3.63) is 65.7 Å². The summed E-state index contributed by atoms with van der Waals surface area (Å²) in [5.74, 6) is 0.941. The van der Waals surface area contributed by atoms with Crippen LogP contribution >= 0.6 is 11.8 Å². The van der Waals surface area contributed by atoms with Gasteiger partial charge in [-0.1, -0.05) is 23.0 Å². The Labute approximate surface area is 183 Å².